The van der Waals surface area contributed by atoms with E-state index in [-0.39, 0.29) is 11.4 Å². The summed E-state index contributed by atoms with van der Waals surface area (Å²) in [5.74, 6) is 0.637. The molecule has 0 unspecified atom stereocenters. The van der Waals surface area contributed by atoms with Crippen molar-refractivity contribution in [2.24, 2.45) is 0 Å². The molecule has 1 amide bonds. The molecule has 0 bridgehead atoms. The number of nitrogens with one attached hydrogen (secondary N) is 2. The second-order valence-corrected chi connectivity index (χ2v) is 6.81. The Balaban J connectivity index is 1.65. The fourth-order valence-corrected chi connectivity index (χ4v) is 3.22. The van der Waals surface area contributed by atoms with E-state index in [2.05, 4.69) is 34.5 Å². The van der Waals surface area contributed by atoms with Crippen LogP contribution in [0, 0.1) is 0 Å². The summed E-state index contributed by atoms with van der Waals surface area (Å²) in [6.45, 7) is 2.03. The lowest BCUT2D eigenvalue weighted by Crippen LogP contribution is -2.55. The number of nitrogens with zero attached hydrogens (tertiary/aromatic N) is 2. The van der Waals surface area contributed by atoms with Gasteiger partial charge in [0.15, 0.2) is 0 Å². The zero-order valence-corrected chi connectivity index (χ0v) is 15.5. The third kappa shape index (κ3) is 3.89. The maximum atomic E-state index is 12.5. The van der Waals surface area contributed by atoms with Crippen LogP contribution in [0.1, 0.15) is 23.3 Å². The van der Waals surface area contributed by atoms with E-state index in [0.717, 1.165) is 43.1 Å². The lowest BCUT2D eigenvalue weighted by Gasteiger charge is -2.42. The Morgan fingerprint density at radius 3 is 2.62 bits per heavy atom. The van der Waals surface area contributed by atoms with Crippen molar-refractivity contribution in [2.75, 3.05) is 41.0 Å². The lowest BCUT2D eigenvalue weighted by atomic mass is 9.88. The van der Waals surface area contributed by atoms with Gasteiger partial charge in [-0.3, -0.25) is 9.89 Å². The third-order valence-electron chi connectivity index (χ3n) is 5.16. The molecule has 3 rings (SSSR count). The first-order chi connectivity index (χ1) is 12.5. The quantitative estimate of drug-likeness (QED) is 0.825. The summed E-state index contributed by atoms with van der Waals surface area (Å²) >= 11 is 0. The van der Waals surface area contributed by atoms with E-state index < -0.39 is 0 Å². The number of carbonyl (C=O) groups is 1. The molecule has 0 atom stereocenters. The van der Waals surface area contributed by atoms with Crippen molar-refractivity contribution in [1.29, 1.82) is 0 Å². The summed E-state index contributed by atoms with van der Waals surface area (Å²) < 4.78 is 10.6. The number of aromatic nitrogens is 2. The van der Waals surface area contributed by atoms with Gasteiger partial charge in [-0.2, -0.15) is 5.10 Å². The van der Waals surface area contributed by atoms with Crippen LogP contribution in [0.25, 0.3) is 11.3 Å². The molecule has 2 heterocycles. The van der Waals surface area contributed by atoms with Gasteiger partial charge in [-0.1, -0.05) is 0 Å². The normalized spacial score (nSPS) is 16.5. The predicted octanol–water partition coefficient (Wildman–Crippen LogP) is 1.93. The Kier molecular flexibility index (Phi) is 5.58. The van der Waals surface area contributed by atoms with Crippen molar-refractivity contribution < 1.29 is 14.3 Å². The Bertz CT molecular complexity index is 733. The molecule has 1 aliphatic heterocycles. The van der Waals surface area contributed by atoms with Gasteiger partial charge in [-0.25, -0.2) is 0 Å². The number of benzene rings is 1. The van der Waals surface area contributed by atoms with Crippen molar-refractivity contribution in [2.45, 2.75) is 18.4 Å². The van der Waals surface area contributed by atoms with E-state index in [9.17, 15) is 4.79 Å². The SMILES string of the molecule is COc1ccc(-c2cc(C(=O)NCC3(N(C)C)CCOCC3)[nH]n2)cc1. The Hall–Kier alpha value is -2.38. The highest BCUT2D eigenvalue weighted by atomic mass is 16.5. The maximum Gasteiger partial charge on any atom is 0.269 e. The van der Waals surface area contributed by atoms with Crippen LogP contribution in [-0.4, -0.2) is 67.5 Å². The van der Waals surface area contributed by atoms with E-state index in [4.69, 9.17) is 9.47 Å². The minimum atomic E-state index is -0.148. The van der Waals surface area contributed by atoms with Crippen LogP contribution in [0.3, 0.4) is 0 Å². The molecule has 140 valence electrons. The molecule has 7 nitrogen and oxygen atoms in total. The molecule has 1 fully saturated rings. The molecule has 1 saturated heterocycles. The number of hydrogen-bond acceptors (Lipinski definition) is 5. The molecule has 0 radical (unpaired) electrons. The minimum absolute atomic E-state index is 0.0628. The van der Waals surface area contributed by atoms with Gasteiger partial charge in [0.2, 0.25) is 0 Å². The molecule has 0 spiro atoms. The van der Waals surface area contributed by atoms with Crippen molar-refractivity contribution in [3.8, 4) is 17.0 Å². The van der Waals surface area contributed by atoms with Crippen LogP contribution in [0.2, 0.25) is 0 Å². The smallest absolute Gasteiger partial charge is 0.269 e. The molecular weight excluding hydrogens is 332 g/mol. The first-order valence-corrected chi connectivity index (χ1v) is 8.77. The monoisotopic (exact) mass is 358 g/mol. The van der Waals surface area contributed by atoms with Gasteiger partial charge >= 0.3 is 0 Å². The fourth-order valence-electron chi connectivity index (χ4n) is 3.22. The lowest BCUT2D eigenvalue weighted by molar-refractivity contribution is -0.00660. The molecule has 7 heteroatoms. The van der Waals surface area contributed by atoms with Crippen LogP contribution in [0.15, 0.2) is 30.3 Å². The molecule has 26 heavy (non-hydrogen) atoms. The molecular formula is C19H26N4O3. The number of methoxy groups -OCH3 is 1. The van der Waals surface area contributed by atoms with Crippen LogP contribution >= 0.6 is 0 Å². The second kappa shape index (κ2) is 7.88. The highest BCUT2D eigenvalue weighted by Gasteiger charge is 2.35. The summed E-state index contributed by atoms with van der Waals surface area (Å²) in [5.41, 5.74) is 2.05. The molecule has 1 aromatic carbocycles. The van der Waals surface area contributed by atoms with Gasteiger partial charge in [0.05, 0.1) is 12.8 Å². The number of H-pyrrole nitrogens is 1. The van der Waals surface area contributed by atoms with E-state index in [1.807, 2.05) is 24.3 Å². The molecule has 2 N–H and O–H groups in total. The van der Waals surface area contributed by atoms with Gasteiger partial charge < -0.3 is 19.7 Å². The van der Waals surface area contributed by atoms with Crippen LogP contribution in [0.5, 0.6) is 5.75 Å². The summed E-state index contributed by atoms with van der Waals surface area (Å²) in [6, 6.07) is 9.34. The largest absolute Gasteiger partial charge is 0.497 e. The van der Waals surface area contributed by atoms with Gasteiger partial charge in [0.1, 0.15) is 11.4 Å². The number of rotatable bonds is 6. The van der Waals surface area contributed by atoms with Crippen LogP contribution < -0.4 is 10.1 Å². The average Bonchev–Trinajstić information content (AvgIpc) is 3.17. The van der Waals surface area contributed by atoms with Gasteiger partial charge in [-0.05, 0) is 57.3 Å². The van der Waals surface area contributed by atoms with Crippen LogP contribution in [-0.2, 0) is 4.74 Å². The molecule has 1 aromatic heterocycles. The second-order valence-electron chi connectivity index (χ2n) is 6.81. The van der Waals surface area contributed by atoms with E-state index in [1.165, 1.54) is 0 Å². The number of likely N-dealkylation sites (N-methyl/N-ethyl adjacent to an activating group) is 1. The van der Waals surface area contributed by atoms with Crippen molar-refractivity contribution in [1.82, 2.24) is 20.4 Å². The van der Waals surface area contributed by atoms with Crippen molar-refractivity contribution in [3.63, 3.8) is 0 Å². The predicted molar refractivity (Wildman–Crippen MR) is 99.4 cm³/mol. The molecule has 0 saturated carbocycles. The number of ether oxygens (including phenoxy) is 2. The van der Waals surface area contributed by atoms with Crippen molar-refractivity contribution >= 4 is 5.91 Å². The Labute approximate surface area is 153 Å². The van der Waals surface area contributed by atoms with E-state index in [1.54, 1.807) is 13.2 Å². The van der Waals surface area contributed by atoms with Crippen molar-refractivity contribution in [3.05, 3.63) is 36.0 Å². The minimum Gasteiger partial charge on any atom is -0.497 e. The topological polar surface area (TPSA) is 79.5 Å². The van der Waals surface area contributed by atoms with E-state index >= 15 is 0 Å². The maximum absolute atomic E-state index is 12.5. The number of amides is 1. The van der Waals surface area contributed by atoms with Gasteiger partial charge in [0, 0.05) is 30.9 Å². The zero-order valence-electron chi connectivity index (χ0n) is 15.5. The first-order valence-electron chi connectivity index (χ1n) is 8.77. The highest BCUT2D eigenvalue weighted by Crippen LogP contribution is 2.25. The van der Waals surface area contributed by atoms with Gasteiger partial charge in [-0.15, -0.1) is 0 Å². The molecule has 1 aliphatic rings. The summed E-state index contributed by atoms with van der Waals surface area (Å²) in [5, 5.41) is 10.1. The Morgan fingerprint density at radius 1 is 1.31 bits per heavy atom. The summed E-state index contributed by atoms with van der Waals surface area (Å²) in [6.07, 6.45) is 1.81. The third-order valence-corrected chi connectivity index (χ3v) is 5.16. The number of hydrogen-bond donors (Lipinski definition) is 2. The first kappa shape index (κ1) is 18.4. The number of aromatic amines is 1. The zero-order chi connectivity index (χ0) is 18.6. The Morgan fingerprint density at radius 2 is 2.00 bits per heavy atom. The van der Waals surface area contributed by atoms with Crippen LogP contribution in [0.4, 0.5) is 0 Å². The summed E-state index contributed by atoms with van der Waals surface area (Å²) in [4.78, 5) is 14.7. The molecule has 2 aromatic rings. The van der Waals surface area contributed by atoms with Gasteiger partial charge in [0.25, 0.3) is 5.91 Å². The van der Waals surface area contributed by atoms with E-state index in [0.29, 0.717) is 12.2 Å². The summed E-state index contributed by atoms with van der Waals surface area (Å²) in [7, 11) is 5.73. The fraction of sp³-hybridized carbons (Fsp3) is 0.474. The highest BCUT2D eigenvalue weighted by molar-refractivity contribution is 5.93. The average molecular weight is 358 g/mol. The standard InChI is InChI=1S/C19H26N4O3/c1-23(2)19(8-10-26-11-9-19)13-20-18(24)17-12-16(21-22-17)14-4-6-15(25-3)7-5-14/h4-7,12H,8-11,13H2,1-3H3,(H,20,24)(H,21,22). The molecule has 0 aliphatic carbocycles. The number of carbonyl (C=O) groups excluding carboxylic acids is 1.